The Morgan fingerprint density at radius 3 is 2.70 bits per heavy atom. The summed E-state index contributed by atoms with van der Waals surface area (Å²) in [5.41, 5.74) is 3.19. The molecule has 1 aliphatic rings. The number of hydrogen-bond donors (Lipinski definition) is 2. The molecule has 0 bridgehead atoms. The zero-order valence-corrected chi connectivity index (χ0v) is 11.9. The maximum absolute atomic E-state index is 4.56. The van der Waals surface area contributed by atoms with Gasteiger partial charge in [0.2, 0.25) is 0 Å². The van der Waals surface area contributed by atoms with E-state index in [1.165, 1.54) is 19.3 Å². The highest BCUT2D eigenvalue weighted by atomic mass is 15.2. The molecule has 3 rings (SSSR count). The zero-order valence-electron chi connectivity index (χ0n) is 11.9. The van der Waals surface area contributed by atoms with Gasteiger partial charge in [0.25, 0.3) is 0 Å². The van der Waals surface area contributed by atoms with Gasteiger partial charge in [-0.3, -0.25) is 0 Å². The van der Waals surface area contributed by atoms with Gasteiger partial charge in [0.05, 0.1) is 30.5 Å². The molecule has 0 radical (unpaired) electrons. The lowest BCUT2D eigenvalue weighted by Crippen LogP contribution is -2.30. The summed E-state index contributed by atoms with van der Waals surface area (Å²) in [5.74, 6) is 1.09. The Morgan fingerprint density at radius 1 is 1.20 bits per heavy atom. The topological polar surface area (TPSA) is 56.8 Å². The van der Waals surface area contributed by atoms with Crippen molar-refractivity contribution in [1.29, 1.82) is 0 Å². The van der Waals surface area contributed by atoms with Crippen LogP contribution in [0.2, 0.25) is 0 Å². The SMILES string of the molecule is Cc1[nH]cnc1CNc1ccc(N2CCCCC2)nc1. The molecule has 2 aromatic rings. The van der Waals surface area contributed by atoms with Crippen molar-refractivity contribution in [3.8, 4) is 0 Å². The molecule has 0 unspecified atom stereocenters. The van der Waals surface area contributed by atoms with Gasteiger partial charge in [-0.25, -0.2) is 9.97 Å². The van der Waals surface area contributed by atoms with Crippen LogP contribution in [0, 0.1) is 6.92 Å². The van der Waals surface area contributed by atoms with Crippen LogP contribution < -0.4 is 10.2 Å². The molecular formula is C15H21N5. The normalized spacial score (nSPS) is 15.3. The van der Waals surface area contributed by atoms with E-state index in [-0.39, 0.29) is 0 Å². The maximum atomic E-state index is 4.56. The lowest BCUT2D eigenvalue weighted by Gasteiger charge is -2.27. The van der Waals surface area contributed by atoms with Crippen LogP contribution in [-0.2, 0) is 6.54 Å². The lowest BCUT2D eigenvalue weighted by molar-refractivity contribution is 0.573. The minimum absolute atomic E-state index is 0.722. The fourth-order valence-corrected chi connectivity index (χ4v) is 2.55. The number of H-pyrrole nitrogens is 1. The van der Waals surface area contributed by atoms with Gasteiger partial charge in [-0.15, -0.1) is 0 Å². The number of imidazole rings is 1. The van der Waals surface area contributed by atoms with Gasteiger partial charge in [0.1, 0.15) is 5.82 Å². The van der Waals surface area contributed by atoms with Gasteiger partial charge in [-0.05, 0) is 38.3 Å². The number of piperidine rings is 1. The van der Waals surface area contributed by atoms with E-state index in [2.05, 4.69) is 37.3 Å². The molecule has 106 valence electrons. The smallest absolute Gasteiger partial charge is 0.128 e. The maximum Gasteiger partial charge on any atom is 0.128 e. The molecule has 0 aliphatic carbocycles. The van der Waals surface area contributed by atoms with E-state index in [0.717, 1.165) is 42.5 Å². The van der Waals surface area contributed by atoms with E-state index in [9.17, 15) is 0 Å². The van der Waals surface area contributed by atoms with Crippen molar-refractivity contribution >= 4 is 11.5 Å². The van der Waals surface area contributed by atoms with Crippen LogP contribution in [0.4, 0.5) is 11.5 Å². The molecule has 1 saturated heterocycles. The number of aromatic amines is 1. The van der Waals surface area contributed by atoms with Crippen molar-refractivity contribution in [2.75, 3.05) is 23.3 Å². The number of hydrogen-bond acceptors (Lipinski definition) is 4. The van der Waals surface area contributed by atoms with Crippen molar-refractivity contribution in [2.45, 2.75) is 32.7 Å². The highest BCUT2D eigenvalue weighted by Crippen LogP contribution is 2.19. The van der Waals surface area contributed by atoms with E-state index in [0.29, 0.717) is 0 Å². The number of nitrogens with one attached hydrogen (secondary N) is 2. The summed E-state index contributed by atoms with van der Waals surface area (Å²) >= 11 is 0. The fourth-order valence-electron chi connectivity index (χ4n) is 2.55. The van der Waals surface area contributed by atoms with Gasteiger partial charge in [0, 0.05) is 18.8 Å². The number of aryl methyl sites for hydroxylation is 1. The van der Waals surface area contributed by atoms with Crippen LogP contribution in [0.15, 0.2) is 24.7 Å². The number of rotatable bonds is 4. The second-order valence-corrected chi connectivity index (χ2v) is 5.28. The molecule has 2 N–H and O–H groups in total. The number of nitrogens with zero attached hydrogens (tertiary/aromatic N) is 3. The van der Waals surface area contributed by atoms with Gasteiger partial charge in [-0.2, -0.15) is 0 Å². The monoisotopic (exact) mass is 271 g/mol. The summed E-state index contributed by atoms with van der Waals surface area (Å²) in [5, 5.41) is 3.35. The predicted molar refractivity (Wildman–Crippen MR) is 81.0 cm³/mol. The highest BCUT2D eigenvalue weighted by Gasteiger charge is 2.11. The first kappa shape index (κ1) is 13.0. The second kappa shape index (κ2) is 5.94. The Balaban J connectivity index is 1.59. The van der Waals surface area contributed by atoms with Crippen LogP contribution in [-0.4, -0.2) is 28.0 Å². The Labute approximate surface area is 119 Å². The van der Waals surface area contributed by atoms with Crippen LogP contribution in [0.25, 0.3) is 0 Å². The molecule has 0 aromatic carbocycles. The van der Waals surface area contributed by atoms with Crippen molar-refractivity contribution in [3.63, 3.8) is 0 Å². The first-order chi connectivity index (χ1) is 9.83. The molecule has 0 amide bonds. The Bertz CT molecular complexity index is 540. The van der Waals surface area contributed by atoms with Crippen molar-refractivity contribution in [2.24, 2.45) is 0 Å². The molecule has 0 saturated carbocycles. The summed E-state index contributed by atoms with van der Waals surface area (Å²) in [7, 11) is 0. The molecular weight excluding hydrogens is 250 g/mol. The Hall–Kier alpha value is -2.04. The minimum Gasteiger partial charge on any atom is -0.378 e. The first-order valence-corrected chi connectivity index (χ1v) is 7.26. The van der Waals surface area contributed by atoms with Crippen LogP contribution in [0.3, 0.4) is 0 Å². The van der Waals surface area contributed by atoms with Gasteiger partial charge < -0.3 is 15.2 Å². The third-order valence-electron chi connectivity index (χ3n) is 3.82. The summed E-state index contributed by atoms with van der Waals surface area (Å²) in [6, 6.07) is 4.20. The predicted octanol–water partition coefficient (Wildman–Crippen LogP) is 2.72. The number of pyridine rings is 1. The number of anilines is 2. The van der Waals surface area contributed by atoms with E-state index in [1.807, 2.05) is 13.1 Å². The lowest BCUT2D eigenvalue weighted by atomic mass is 10.1. The molecule has 2 aromatic heterocycles. The van der Waals surface area contributed by atoms with Crippen LogP contribution in [0.5, 0.6) is 0 Å². The summed E-state index contributed by atoms with van der Waals surface area (Å²) < 4.78 is 0. The molecule has 20 heavy (non-hydrogen) atoms. The van der Waals surface area contributed by atoms with Crippen molar-refractivity contribution in [3.05, 3.63) is 36.0 Å². The Kier molecular flexibility index (Phi) is 3.85. The first-order valence-electron chi connectivity index (χ1n) is 7.26. The van der Waals surface area contributed by atoms with Gasteiger partial charge >= 0.3 is 0 Å². The molecule has 1 fully saturated rings. The molecule has 5 nitrogen and oxygen atoms in total. The zero-order chi connectivity index (χ0) is 13.8. The average Bonchev–Trinajstić information content (AvgIpc) is 2.92. The Morgan fingerprint density at radius 2 is 2.05 bits per heavy atom. The van der Waals surface area contributed by atoms with E-state index < -0.39 is 0 Å². The summed E-state index contributed by atoms with van der Waals surface area (Å²) in [6.45, 7) is 5.01. The molecule has 0 atom stereocenters. The quantitative estimate of drug-likeness (QED) is 0.897. The standard InChI is InChI=1S/C15H21N5/c1-12-14(19-11-18-12)10-16-13-5-6-15(17-9-13)20-7-3-2-4-8-20/h5-6,9,11,16H,2-4,7-8,10H2,1H3,(H,18,19). The molecule has 1 aliphatic heterocycles. The summed E-state index contributed by atoms with van der Waals surface area (Å²) in [6.07, 6.45) is 7.54. The van der Waals surface area contributed by atoms with E-state index >= 15 is 0 Å². The molecule has 3 heterocycles. The van der Waals surface area contributed by atoms with Crippen molar-refractivity contribution < 1.29 is 0 Å². The minimum atomic E-state index is 0.722. The third-order valence-corrected chi connectivity index (χ3v) is 3.82. The fraction of sp³-hybridized carbons (Fsp3) is 0.467. The number of aromatic nitrogens is 3. The van der Waals surface area contributed by atoms with Crippen LogP contribution >= 0.6 is 0 Å². The summed E-state index contributed by atoms with van der Waals surface area (Å²) in [4.78, 5) is 14.3. The molecule has 5 heteroatoms. The second-order valence-electron chi connectivity index (χ2n) is 5.28. The molecule has 0 spiro atoms. The van der Waals surface area contributed by atoms with E-state index in [4.69, 9.17) is 0 Å². The van der Waals surface area contributed by atoms with Crippen LogP contribution in [0.1, 0.15) is 30.7 Å². The highest BCUT2D eigenvalue weighted by molar-refractivity contribution is 5.49. The van der Waals surface area contributed by atoms with E-state index in [1.54, 1.807) is 6.33 Å². The van der Waals surface area contributed by atoms with Gasteiger partial charge in [-0.1, -0.05) is 0 Å². The average molecular weight is 271 g/mol. The van der Waals surface area contributed by atoms with Crippen molar-refractivity contribution in [1.82, 2.24) is 15.0 Å². The largest absolute Gasteiger partial charge is 0.378 e. The third kappa shape index (κ3) is 2.92. The van der Waals surface area contributed by atoms with Gasteiger partial charge in [0.15, 0.2) is 0 Å².